The number of halogens is 1. The lowest BCUT2D eigenvalue weighted by Crippen LogP contribution is -2.20. The molecule has 0 heterocycles. The van der Waals surface area contributed by atoms with E-state index in [0.717, 1.165) is 0 Å². The molecule has 0 bridgehead atoms. The Labute approximate surface area is 152 Å². The van der Waals surface area contributed by atoms with Crippen molar-refractivity contribution in [3.8, 4) is 0 Å². The van der Waals surface area contributed by atoms with E-state index in [2.05, 4.69) is 0 Å². The Morgan fingerprint density at radius 1 is 0.840 bits per heavy atom. The molecule has 0 aliphatic carbocycles. The minimum atomic E-state index is -0.722. The van der Waals surface area contributed by atoms with Gasteiger partial charge in [-0.25, -0.2) is 9.59 Å². The van der Waals surface area contributed by atoms with Crippen LogP contribution < -0.4 is 0 Å². The molecule has 0 unspecified atom stereocenters. The van der Waals surface area contributed by atoms with E-state index >= 15 is 0 Å². The summed E-state index contributed by atoms with van der Waals surface area (Å²) in [6, 6.07) is 16.1. The van der Waals surface area contributed by atoms with Gasteiger partial charge in [-0.2, -0.15) is 0 Å². The van der Waals surface area contributed by atoms with Crippen LogP contribution >= 0.6 is 11.6 Å². The molecule has 0 amide bonds. The summed E-state index contributed by atoms with van der Waals surface area (Å²) < 4.78 is 10.2. The van der Waals surface area contributed by atoms with Crippen molar-refractivity contribution in [3.63, 3.8) is 0 Å². The second-order valence-corrected chi connectivity index (χ2v) is 5.50. The predicted molar refractivity (Wildman–Crippen MR) is 97.2 cm³/mol. The van der Waals surface area contributed by atoms with Gasteiger partial charge in [0.1, 0.15) is 0 Å². The maximum atomic E-state index is 12.5. The molecule has 0 atom stereocenters. The third-order valence-electron chi connectivity index (χ3n) is 3.38. The fraction of sp³-hybridized carbons (Fsp3) is 0.200. The van der Waals surface area contributed by atoms with Crippen LogP contribution in [0.2, 0.25) is 5.02 Å². The number of hydrogen-bond donors (Lipinski definition) is 0. The Morgan fingerprint density at radius 3 is 1.92 bits per heavy atom. The quantitative estimate of drug-likeness (QED) is 0.335. The van der Waals surface area contributed by atoms with E-state index in [4.69, 9.17) is 21.1 Å². The van der Waals surface area contributed by atoms with Crippen LogP contribution in [0.1, 0.15) is 25.0 Å². The largest absolute Gasteiger partial charge is 0.462 e. The standard InChI is InChI=1S/C20H19ClO4/c1-3-24-19(22)18(20(23)25-4-2)17(14-9-6-5-7-10-14)15-11-8-12-16(21)13-15/h5-13H,3-4H2,1-2H3. The Kier molecular flexibility index (Phi) is 6.78. The maximum absolute atomic E-state index is 12.5. The van der Waals surface area contributed by atoms with Crippen molar-refractivity contribution in [2.75, 3.05) is 13.2 Å². The van der Waals surface area contributed by atoms with Crippen LogP contribution in [0.4, 0.5) is 0 Å². The molecule has 2 aromatic rings. The van der Waals surface area contributed by atoms with E-state index in [0.29, 0.717) is 21.7 Å². The highest BCUT2D eigenvalue weighted by atomic mass is 35.5. The monoisotopic (exact) mass is 358 g/mol. The molecule has 0 aliphatic heterocycles. The summed E-state index contributed by atoms with van der Waals surface area (Å²) >= 11 is 6.11. The second kappa shape index (κ2) is 9.04. The Hall–Kier alpha value is -2.59. The number of carbonyl (C=O) groups is 2. The van der Waals surface area contributed by atoms with Gasteiger partial charge in [-0.05, 0) is 37.1 Å². The number of esters is 2. The fourth-order valence-electron chi connectivity index (χ4n) is 2.40. The molecule has 5 heteroatoms. The molecule has 2 rings (SSSR count). The molecule has 4 nitrogen and oxygen atoms in total. The molecular weight excluding hydrogens is 340 g/mol. The van der Waals surface area contributed by atoms with Gasteiger partial charge in [0.2, 0.25) is 0 Å². The van der Waals surface area contributed by atoms with Crippen molar-refractivity contribution in [1.29, 1.82) is 0 Å². The van der Waals surface area contributed by atoms with E-state index in [-0.39, 0.29) is 18.8 Å². The molecule has 0 saturated heterocycles. The summed E-state index contributed by atoms with van der Waals surface area (Å²) in [6.07, 6.45) is 0. The lowest BCUT2D eigenvalue weighted by molar-refractivity contribution is -0.146. The first-order valence-corrected chi connectivity index (χ1v) is 8.36. The summed E-state index contributed by atoms with van der Waals surface area (Å²) in [5, 5.41) is 0.498. The minimum Gasteiger partial charge on any atom is -0.462 e. The van der Waals surface area contributed by atoms with Crippen LogP contribution in [-0.4, -0.2) is 25.2 Å². The van der Waals surface area contributed by atoms with E-state index in [1.54, 1.807) is 38.1 Å². The highest BCUT2D eigenvalue weighted by molar-refractivity contribution is 6.31. The first kappa shape index (κ1) is 18.7. The molecule has 130 valence electrons. The van der Waals surface area contributed by atoms with Crippen LogP contribution in [0.15, 0.2) is 60.2 Å². The zero-order valence-corrected chi connectivity index (χ0v) is 14.9. The molecule has 0 aliphatic rings. The number of carbonyl (C=O) groups excluding carboxylic acids is 2. The third kappa shape index (κ3) is 4.70. The lowest BCUT2D eigenvalue weighted by Gasteiger charge is -2.15. The summed E-state index contributed by atoms with van der Waals surface area (Å²) in [4.78, 5) is 25.0. The highest BCUT2D eigenvalue weighted by Crippen LogP contribution is 2.30. The SMILES string of the molecule is CCOC(=O)C(C(=O)OCC)=C(c1ccccc1)c1cccc(Cl)c1. The number of rotatable bonds is 6. The van der Waals surface area contributed by atoms with Crippen molar-refractivity contribution < 1.29 is 19.1 Å². The zero-order valence-electron chi connectivity index (χ0n) is 14.1. The van der Waals surface area contributed by atoms with Crippen LogP contribution in [0.25, 0.3) is 5.57 Å². The molecule has 0 aromatic heterocycles. The normalized spacial score (nSPS) is 10.0. The second-order valence-electron chi connectivity index (χ2n) is 5.07. The van der Waals surface area contributed by atoms with Crippen LogP contribution in [0.5, 0.6) is 0 Å². The highest BCUT2D eigenvalue weighted by Gasteiger charge is 2.27. The maximum Gasteiger partial charge on any atom is 0.346 e. The topological polar surface area (TPSA) is 52.6 Å². The van der Waals surface area contributed by atoms with Crippen LogP contribution in [-0.2, 0) is 19.1 Å². The Balaban J connectivity index is 2.77. The fourth-order valence-corrected chi connectivity index (χ4v) is 2.59. The molecule has 0 N–H and O–H groups in total. The smallest absolute Gasteiger partial charge is 0.346 e. The van der Waals surface area contributed by atoms with E-state index < -0.39 is 11.9 Å². The van der Waals surface area contributed by atoms with Gasteiger partial charge in [-0.3, -0.25) is 0 Å². The van der Waals surface area contributed by atoms with E-state index in [9.17, 15) is 9.59 Å². The molecular formula is C20H19ClO4. The van der Waals surface area contributed by atoms with Crippen LogP contribution in [0.3, 0.4) is 0 Å². The first-order valence-electron chi connectivity index (χ1n) is 7.98. The Morgan fingerprint density at radius 2 is 1.40 bits per heavy atom. The van der Waals surface area contributed by atoms with Gasteiger partial charge < -0.3 is 9.47 Å². The third-order valence-corrected chi connectivity index (χ3v) is 3.62. The van der Waals surface area contributed by atoms with Gasteiger partial charge in [0.15, 0.2) is 5.57 Å². The minimum absolute atomic E-state index is 0.142. The molecule has 0 fully saturated rings. The molecule has 0 saturated carbocycles. The summed E-state index contributed by atoms with van der Waals surface area (Å²) in [6.45, 7) is 3.67. The van der Waals surface area contributed by atoms with Gasteiger partial charge in [0.25, 0.3) is 0 Å². The van der Waals surface area contributed by atoms with Crippen molar-refractivity contribution in [2.24, 2.45) is 0 Å². The van der Waals surface area contributed by atoms with Gasteiger partial charge in [-0.15, -0.1) is 0 Å². The lowest BCUT2D eigenvalue weighted by atomic mass is 9.93. The molecule has 2 aromatic carbocycles. The first-order chi connectivity index (χ1) is 12.1. The zero-order chi connectivity index (χ0) is 18.2. The average molecular weight is 359 g/mol. The van der Waals surface area contributed by atoms with Gasteiger partial charge in [0, 0.05) is 10.6 Å². The number of benzene rings is 2. The molecule has 0 radical (unpaired) electrons. The number of hydrogen-bond acceptors (Lipinski definition) is 4. The van der Waals surface area contributed by atoms with Crippen LogP contribution in [0, 0.1) is 0 Å². The Bertz CT molecular complexity index is 761. The molecule has 0 spiro atoms. The van der Waals surface area contributed by atoms with Gasteiger partial charge >= 0.3 is 11.9 Å². The van der Waals surface area contributed by atoms with Crippen molar-refractivity contribution in [1.82, 2.24) is 0 Å². The summed E-state index contributed by atoms with van der Waals surface area (Å²) in [7, 11) is 0. The summed E-state index contributed by atoms with van der Waals surface area (Å²) in [5.41, 5.74) is 1.62. The summed E-state index contributed by atoms with van der Waals surface area (Å²) in [5.74, 6) is -1.44. The van der Waals surface area contributed by atoms with Gasteiger partial charge in [-0.1, -0.05) is 54.1 Å². The average Bonchev–Trinajstić information content (AvgIpc) is 2.60. The predicted octanol–water partition coefficient (Wildman–Crippen LogP) is 4.27. The van der Waals surface area contributed by atoms with E-state index in [1.807, 2.05) is 30.3 Å². The molecule has 25 heavy (non-hydrogen) atoms. The van der Waals surface area contributed by atoms with Crippen molar-refractivity contribution >= 4 is 29.1 Å². The van der Waals surface area contributed by atoms with Crippen molar-refractivity contribution in [3.05, 3.63) is 76.3 Å². The van der Waals surface area contributed by atoms with E-state index in [1.165, 1.54) is 0 Å². The number of ether oxygens (including phenoxy) is 2. The van der Waals surface area contributed by atoms with Gasteiger partial charge in [0.05, 0.1) is 13.2 Å². The van der Waals surface area contributed by atoms with Crippen molar-refractivity contribution in [2.45, 2.75) is 13.8 Å².